The van der Waals surface area contributed by atoms with Gasteiger partial charge in [0.15, 0.2) is 0 Å². The molecule has 226 valence electrons. The van der Waals surface area contributed by atoms with E-state index in [9.17, 15) is 31.2 Å². The number of hydrogen-bond donors (Lipinski definition) is 2. The van der Waals surface area contributed by atoms with Crippen molar-refractivity contribution < 1.29 is 41.1 Å². The zero-order chi connectivity index (χ0) is 29.9. The highest BCUT2D eigenvalue weighted by atomic mass is 32.2. The fraction of sp³-hybridized carbons (Fsp3) is 0.654. The van der Waals surface area contributed by atoms with Crippen LogP contribution < -0.4 is 5.32 Å². The van der Waals surface area contributed by atoms with Crippen molar-refractivity contribution in [1.82, 2.24) is 19.4 Å². The summed E-state index contributed by atoms with van der Waals surface area (Å²) >= 11 is 0. The zero-order valence-electron chi connectivity index (χ0n) is 23.0. The Hall–Kier alpha value is -2.71. The van der Waals surface area contributed by atoms with E-state index in [-0.39, 0.29) is 36.2 Å². The minimum Gasteiger partial charge on any atom is -0.475 e. The van der Waals surface area contributed by atoms with Crippen LogP contribution in [0.3, 0.4) is 0 Å². The summed E-state index contributed by atoms with van der Waals surface area (Å²) in [6, 6.07) is 7.09. The molecule has 1 aromatic rings. The van der Waals surface area contributed by atoms with Crippen molar-refractivity contribution in [1.29, 1.82) is 0 Å². The summed E-state index contributed by atoms with van der Waals surface area (Å²) < 4.78 is 60.1. The molecule has 2 saturated heterocycles. The number of benzene rings is 1. The topological polar surface area (TPSA) is 127 Å². The highest BCUT2D eigenvalue weighted by Gasteiger charge is 2.38. The third kappa shape index (κ3) is 10.7. The Morgan fingerprint density at radius 3 is 2.17 bits per heavy atom. The number of sulfonamides is 1. The lowest BCUT2D eigenvalue weighted by atomic mass is 10.0. The third-order valence-electron chi connectivity index (χ3n) is 6.50. The predicted molar refractivity (Wildman–Crippen MR) is 142 cm³/mol. The number of piperazine rings is 1. The third-order valence-corrected chi connectivity index (χ3v) is 8.41. The van der Waals surface area contributed by atoms with Gasteiger partial charge in [0.25, 0.3) is 0 Å². The van der Waals surface area contributed by atoms with Crippen molar-refractivity contribution in [3.8, 4) is 0 Å². The molecule has 0 atom stereocenters. The molecule has 0 unspecified atom stereocenters. The van der Waals surface area contributed by atoms with Crippen LogP contribution in [-0.2, 0) is 30.8 Å². The lowest BCUT2D eigenvalue weighted by Gasteiger charge is -2.29. The van der Waals surface area contributed by atoms with Crippen LogP contribution in [0.4, 0.5) is 13.2 Å². The van der Waals surface area contributed by atoms with E-state index in [0.717, 1.165) is 38.0 Å². The van der Waals surface area contributed by atoms with Crippen LogP contribution in [0.2, 0.25) is 0 Å². The molecule has 0 aliphatic carbocycles. The largest absolute Gasteiger partial charge is 0.490 e. The number of halogens is 3. The lowest BCUT2D eigenvalue weighted by Crippen LogP contribution is -2.47. The molecule has 0 saturated carbocycles. The number of nitrogens with one attached hydrogen (secondary N) is 1. The fourth-order valence-corrected chi connectivity index (χ4v) is 5.92. The van der Waals surface area contributed by atoms with Gasteiger partial charge in [-0.1, -0.05) is 26.0 Å². The van der Waals surface area contributed by atoms with Crippen LogP contribution >= 0.6 is 0 Å². The van der Waals surface area contributed by atoms with Crippen LogP contribution in [-0.4, -0.2) is 104 Å². The fourth-order valence-electron chi connectivity index (χ4n) is 4.44. The normalized spacial score (nSPS) is 16.3. The Morgan fingerprint density at radius 2 is 1.68 bits per heavy atom. The van der Waals surface area contributed by atoms with Crippen LogP contribution in [0.1, 0.15) is 45.1 Å². The summed E-state index contributed by atoms with van der Waals surface area (Å²) in [7, 11) is -3.74. The lowest BCUT2D eigenvalue weighted by molar-refractivity contribution is -0.192. The molecule has 1 aromatic carbocycles. The Morgan fingerprint density at radius 1 is 1.07 bits per heavy atom. The number of carbonyl (C=O) groups is 3. The van der Waals surface area contributed by atoms with Crippen molar-refractivity contribution in [2.24, 2.45) is 5.92 Å². The van der Waals surface area contributed by atoms with Gasteiger partial charge >= 0.3 is 12.1 Å². The van der Waals surface area contributed by atoms with E-state index >= 15 is 0 Å². The van der Waals surface area contributed by atoms with E-state index in [1.807, 2.05) is 12.1 Å². The average molecular weight is 593 g/mol. The van der Waals surface area contributed by atoms with Crippen molar-refractivity contribution in [2.75, 3.05) is 52.4 Å². The van der Waals surface area contributed by atoms with Gasteiger partial charge < -0.3 is 20.2 Å². The highest BCUT2D eigenvalue weighted by Crippen LogP contribution is 2.20. The molecular weight excluding hydrogens is 553 g/mol. The number of carbonyl (C=O) groups excluding carboxylic acids is 2. The minimum atomic E-state index is -5.08. The van der Waals surface area contributed by atoms with Gasteiger partial charge in [0.1, 0.15) is 0 Å². The number of aliphatic carboxylic acids is 1. The molecule has 2 N–H and O–H groups in total. The van der Waals surface area contributed by atoms with Gasteiger partial charge in [0, 0.05) is 65.2 Å². The first kappa shape index (κ1) is 33.5. The molecule has 2 aliphatic heterocycles. The number of alkyl halides is 3. The van der Waals surface area contributed by atoms with E-state index in [1.165, 1.54) is 4.31 Å². The molecule has 10 nitrogen and oxygen atoms in total. The number of rotatable bonds is 11. The molecule has 0 aromatic heterocycles. The maximum Gasteiger partial charge on any atom is 0.490 e. The van der Waals surface area contributed by atoms with Gasteiger partial charge in [0.2, 0.25) is 21.8 Å². The number of nitrogens with zero attached hydrogens (tertiary/aromatic N) is 3. The van der Waals surface area contributed by atoms with Crippen LogP contribution in [0, 0.1) is 5.92 Å². The number of likely N-dealkylation sites (tertiary alicyclic amines) is 1. The molecular formula is C26H39F3N4O6S. The van der Waals surface area contributed by atoms with Gasteiger partial charge in [0.05, 0.1) is 4.90 Å². The maximum absolute atomic E-state index is 13.5. The van der Waals surface area contributed by atoms with Gasteiger partial charge in [-0.25, -0.2) is 13.2 Å². The van der Waals surface area contributed by atoms with E-state index in [0.29, 0.717) is 38.4 Å². The molecule has 2 aliphatic rings. The summed E-state index contributed by atoms with van der Waals surface area (Å²) in [4.78, 5) is 37.3. The molecule has 2 fully saturated rings. The Labute approximate surface area is 233 Å². The van der Waals surface area contributed by atoms with Crippen LogP contribution in [0.5, 0.6) is 0 Å². The molecule has 0 bridgehead atoms. The summed E-state index contributed by atoms with van der Waals surface area (Å²) in [5.41, 5.74) is 1.11. The van der Waals surface area contributed by atoms with Gasteiger partial charge in [-0.2, -0.15) is 17.5 Å². The second-order valence-electron chi connectivity index (χ2n) is 10.2. The van der Waals surface area contributed by atoms with E-state index in [2.05, 4.69) is 19.2 Å². The van der Waals surface area contributed by atoms with Gasteiger partial charge in [-0.15, -0.1) is 0 Å². The summed E-state index contributed by atoms with van der Waals surface area (Å²) in [6.45, 7) is 8.82. The zero-order valence-corrected chi connectivity index (χ0v) is 23.8. The van der Waals surface area contributed by atoms with Crippen LogP contribution in [0.15, 0.2) is 29.2 Å². The first-order chi connectivity index (χ1) is 18.7. The standard InChI is InChI=1S/C24H38N4O4S.C2HF3O2/c1-20(2)19-21-6-8-22(9-7-21)33(31,32)28(15-4-14-26-13-3-5-23(26)29)16-10-24(30)27-17-11-25-12-18-27;3-2(4,5)1(6)7/h6-9,20,25H,3-5,10-19H2,1-2H3;(H,6,7). The van der Waals surface area contributed by atoms with E-state index in [1.54, 1.807) is 21.9 Å². The second-order valence-corrected chi connectivity index (χ2v) is 12.1. The monoisotopic (exact) mass is 592 g/mol. The predicted octanol–water partition coefficient (Wildman–Crippen LogP) is 2.34. The molecule has 2 heterocycles. The summed E-state index contributed by atoms with van der Waals surface area (Å²) in [5.74, 6) is -2.14. The summed E-state index contributed by atoms with van der Waals surface area (Å²) in [5, 5.41) is 10.3. The molecule has 40 heavy (non-hydrogen) atoms. The first-order valence-electron chi connectivity index (χ1n) is 13.4. The van der Waals surface area contributed by atoms with Crippen molar-refractivity contribution in [3.63, 3.8) is 0 Å². The van der Waals surface area contributed by atoms with Gasteiger partial charge in [-0.3, -0.25) is 9.59 Å². The van der Waals surface area contributed by atoms with Crippen LogP contribution in [0.25, 0.3) is 0 Å². The molecule has 3 rings (SSSR count). The quantitative estimate of drug-likeness (QED) is 0.404. The molecule has 0 radical (unpaired) electrons. The molecule has 2 amide bonds. The van der Waals surface area contributed by atoms with Crippen molar-refractivity contribution in [3.05, 3.63) is 29.8 Å². The molecule has 0 spiro atoms. The maximum atomic E-state index is 13.5. The van der Waals surface area contributed by atoms with E-state index in [4.69, 9.17) is 9.90 Å². The first-order valence-corrected chi connectivity index (χ1v) is 14.8. The Bertz CT molecular complexity index is 1090. The Kier molecular flexibility index (Phi) is 12.8. The van der Waals surface area contributed by atoms with E-state index < -0.39 is 22.2 Å². The average Bonchev–Trinajstić information content (AvgIpc) is 3.30. The smallest absolute Gasteiger partial charge is 0.475 e. The van der Waals surface area contributed by atoms with Gasteiger partial charge in [-0.05, 0) is 42.9 Å². The Balaban J connectivity index is 0.000000708. The van der Waals surface area contributed by atoms with Crippen molar-refractivity contribution >= 4 is 27.8 Å². The second kappa shape index (κ2) is 15.3. The minimum absolute atomic E-state index is 0.0151. The number of carboxylic acid groups (broad SMARTS) is 1. The number of amides is 2. The SMILES string of the molecule is CC(C)Cc1ccc(S(=O)(=O)N(CCCN2CCCC2=O)CCC(=O)N2CCNCC2)cc1.O=C(O)C(F)(F)F. The number of carboxylic acids is 1. The van der Waals surface area contributed by atoms with Crippen molar-refractivity contribution in [2.45, 2.75) is 57.0 Å². The highest BCUT2D eigenvalue weighted by molar-refractivity contribution is 7.89. The number of hydrogen-bond acceptors (Lipinski definition) is 6. The summed E-state index contributed by atoms with van der Waals surface area (Å²) in [6.07, 6.45) is -2.04. The molecule has 14 heteroatoms.